The predicted molar refractivity (Wildman–Crippen MR) is 283 cm³/mol. The molecule has 3 aromatic heterocycles. The molecule has 9 rings (SSSR count). The molecule has 4 fully saturated rings. The lowest BCUT2D eigenvalue weighted by atomic mass is 9.90. The number of halogens is 1. The van der Waals surface area contributed by atoms with Crippen molar-refractivity contribution in [2.75, 3.05) is 50.2 Å². The van der Waals surface area contributed by atoms with E-state index in [0.29, 0.717) is 96.0 Å². The van der Waals surface area contributed by atoms with Crippen LogP contribution in [0.4, 0.5) is 25.6 Å². The first kappa shape index (κ1) is 52.4. The molecule has 19 heteroatoms. The number of aromatic amines is 2. The Bertz CT molecular complexity index is 3020. The van der Waals surface area contributed by atoms with Gasteiger partial charge in [0.25, 0.3) is 0 Å². The standard InChI is InChI=1S/C56H69FN12O6/c1-8-14-41-42(61-50(60-41)46-17-12-25-67(46)52(70)48(33(2)3)64-55(72)74-6)21-19-37-20-22-45(69(37)38-31-58-54(59-32-38)66-27-23-36(24-28-66)35-15-10-9-11-16-35)39-29-43-44(30-40(39)57)63-51(62-43)47-18-13-26-68(47)53(71)49(34(4)5)65-56(73)75-7/h1,9-11,14-16,21,29-34,36-37,45-49H,12-13,17-20,22-28H2,2-7H3,(H,60,61)(H,62,63)(H,64,72)(H,65,73)/b41-14+,42-21+/t37-,45+,46-,47-,48?,49-/m0/s1. The quantitative estimate of drug-likeness (QED) is 0.0860. The highest BCUT2D eigenvalue weighted by atomic mass is 19.1. The number of amides is 4. The van der Waals surface area contributed by atoms with Gasteiger partial charge in [-0.25, -0.2) is 33.9 Å². The molecular formula is C56H69FN12O6. The number of nitrogens with zero attached hydrogens (tertiary/aromatic N) is 8. The Morgan fingerprint density at radius 2 is 1.39 bits per heavy atom. The number of rotatable bonds is 14. The lowest BCUT2D eigenvalue weighted by molar-refractivity contribution is -0.136. The van der Waals surface area contributed by atoms with E-state index in [9.17, 15) is 19.2 Å². The van der Waals surface area contributed by atoms with Gasteiger partial charge in [-0.15, -0.1) is 6.42 Å². The van der Waals surface area contributed by atoms with Gasteiger partial charge in [-0.2, -0.15) is 0 Å². The number of alkyl carbamates (subject to hydrolysis) is 2. The summed E-state index contributed by atoms with van der Waals surface area (Å²) in [7, 11) is 2.54. The van der Waals surface area contributed by atoms with Gasteiger partial charge in [0.2, 0.25) is 17.8 Å². The van der Waals surface area contributed by atoms with Gasteiger partial charge in [0, 0.05) is 49.9 Å². The number of carbonyl (C=O) groups is 4. The van der Waals surface area contributed by atoms with Crippen LogP contribution in [0.5, 0.6) is 0 Å². The van der Waals surface area contributed by atoms with Crippen LogP contribution in [0.1, 0.15) is 132 Å². The highest BCUT2D eigenvalue weighted by Crippen LogP contribution is 2.43. The molecule has 0 radical (unpaired) electrons. The molecular weight excluding hydrogens is 956 g/mol. The van der Waals surface area contributed by atoms with Crippen LogP contribution in [0.15, 0.2) is 54.9 Å². The molecule has 0 saturated carbocycles. The molecule has 75 heavy (non-hydrogen) atoms. The molecule has 4 aliphatic heterocycles. The Balaban J connectivity index is 1.01. The van der Waals surface area contributed by atoms with Crippen LogP contribution < -0.4 is 31.1 Å². The first-order valence-electron chi connectivity index (χ1n) is 26.4. The number of ether oxygens (including phenoxy) is 2. The number of piperidine rings is 1. The van der Waals surface area contributed by atoms with Crippen molar-refractivity contribution in [1.82, 2.24) is 50.3 Å². The second-order valence-corrected chi connectivity index (χ2v) is 20.8. The van der Waals surface area contributed by atoms with Gasteiger partial charge in [-0.1, -0.05) is 70.0 Å². The summed E-state index contributed by atoms with van der Waals surface area (Å²) in [6.07, 6.45) is 18.6. The smallest absolute Gasteiger partial charge is 0.407 e. The number of methoxy groups -OCH3 is 2. The Labute approximate surface area is 436 Å². The van der Waals surface area contributed by atoms with E-state index in [1.54, 1.807) is 15.9 Å². The van der Waals surface area contributed by atoms with Crippen LogP contribution in [0.2, 0.25) is 0 Å². The summed E-state index contributed by atoms with van der Waals surface area (Å²) in [6, 6.07) is 11.1. The van der Waals surface area contributed by atoms with Crippen molar-refractivity contribution in [2.24, 2.45) is 11.8 Å². The lowest BCUT2D eigenvalue weighted by Crippen LogP contribution is -2.51. The third kappa shape index (κ3) is 11.2. The molecule has 5 aromatic rings. The minimum Gasteiger partial charge on any atom is -0.453 e. The van der Waals surface area contributed by atoms with Crippen LogP contribution in [-0.4, -0.2) is 122 Å². The van der Waals surface area contributed by atoms with Gasteiger partial charge in [-0.3, -0.25) is 9.59 Å². The molecule has 4 saturated heterocycles. The van der Waals surface area contributed by atoms with Crippen LogP contribution in [0, 0.1) is 30.0 Å². The summed E-state index contributed by atoms with van der Waals surface area (Å²) in [5.74, 6) is 3.71. The summed E-state index contributed by atoms with van der Waals surface area (Å²) < 4.78 is 26.5. The van der Waals surface area contributed by atoms with Gasteiger partial charge >= 0.3 is 12.2 Å². The van der Waals surface area contributed by atoms with E-state index in [4.69, 9.17) is 35.8 Å². The fourth-order valence-corrected chi connectivity index (χ4v) is 11.6. The molecule has 2 aromatic carbocycles. The number of likely N-dealkylation sites (tertiary alicyclic amines) is 2. The Morgan fingerprint density at radius 1 is 0.787 bits per heavy atom. The molecule has 4 N–H and O–H groups in total. The van der Waals surface area contributed by atoms with Crippen LogP contribution in [-0.2, 0) is 19.1 Å². The van der Waals surface area contributed by atoms with Gasteiger partial charge in [0.15, 0.2) is 0 Å². The van der Waals surface area contributed by atoms with Crippen molar-refractivity contribution in [2.45, 2.75) is 128 Å². The normalized spacial score (nSPS) is 21.5. The topological polar surface area (TPSA) is 207 Å². The van der Waals surface area contributed by atoms with E-state index in [-0.39, 0.29) is 35.7 Å². The molecule has 4 aliphatic rings. The van der Waals surface area contributed by atoms with Crippen molar-refractivity contribution in [3.63, 3.8) is 0 Å². The number of terminal acetylenes is 1. The number of hydrogen-bond acceptors (Lipinski definition) is 12. The van der Waals surface area contributed by atoms with Crippen LogP contribution in [0.25, 0.3) is 23.2 Å². The van der Waals surface area contributed by atoms with Crippen molar-refractivity contribution in [3.8, 4) is 12.3 Å². The molecule has 7 heterocycles. The summed E-state index contributed by atoms with van der Waals surface area (Å²) in [4.78, 5) is 87.1. The molecule has 6 atom stereocenters. The molecule has 1 unspecified atom stereocenters. The minimum atomic E-state index is -0.790. The van der Waals surface area contributed by atoms with Crippen LogP contribution in [0.3, 0.4) is 0 Å². The second-order valence-electron chi connectivity index (χ2n) is 20.8. The first-order chi connectivity index (χ1) is 36.3. The van der Waals surface area contributed by atoms with Crippen molar-refractivity contribution in [1.29, 1.82) is 0 Å². The first-order valence-corrected chi connectivity index (χ1v) is 26.4. The molecule has 0 aliphatic carbocycles. The summed E-state index contributed by atoms with van der Waals surface area (Å²) >= 11 is 0. The Morgan fingerprint density at radius 3 is 1.96 bits per heavy atom. The number of hydrogen-bond donors (Lipinski definition) is 4. The van der Waals surface area contributed by atoms with Crippen molar-refractivity contribution in [3.05, 3.63) is 94.1 Å². The van der Waals surface area contributed by atoms with Gasteiger partial charge in [0.1, 0.15) is 29.5 Å². The molecule has 0 spiro atoms. The Kier molecular flexibility index (Phi) is 16.0. The highest BCUT2D eigenvalue weighted by Gasteiger charge is 2.41. The molecule has 0 bridgehead atoms. The van der Waals surface area contributed by atoms with E-state index in [1.807, 2.05) is 52.2 Å². The maximum atomic E-state index is 16.9. The number of fused-ring (bicyclic) bond motifs is 1. The number of H-pyrrole nitrogens is 2. The van der Waals surface area contributed by atoms with E-state index < -0.39 is 42.2 Å². The molecule has 18 nitrogen and oxygen atoms in total. The zero-order valence-corrected chi connectivity index (χ0v) is 43.7. The summed E-state index contributed by atoms with van der Waals surface area (Å²) in [5, 5.41) is 6.69. The van der Waals surface area contributed by atoms with E-state index in [0.717, 1.165) is 44.5 Å². The number of aromatic nitrogens is 6. The summed E-state index contributed by atoms with van der Waals surface area (Å²) in [6.45, 7) is 10.2. The third-order valence-electron chi connectivity index (χ3n) is 15.5. The maximum Gasteiger partial charge on any atom is 0.407 e. The monoisotopic (exact) mass is 1020 g/mol. The van der Waals surface area contributed by atoms with Crippen molar-refractivity contribution >= 4 is 58.8 Å². The highest BCUT2D eigenvalue weighted by molar-refractivity contribution is 5.87. The number of benzene rings is 2. The SMILES string of the molecule is C#C/C=c1/nc([C@@H]2CCCN2C(=O)C(NC(=O)OC)C(C)C)[nH]/c1=C/C[C@H]1CC[C@H](c2cc3[nH]c([C@@H]4CCCN4C(=O)[C@@H](NC(=O)OC)C(C)C)nc3cc2F)N1c1cnc(N2CCC(c3ccccc3)CC2)nc1. The average Bonchev–Trinajstić information content (AvgIpc) is 4.30. The number of carbonyl (C=O) groups excluding carboxylic acids is 4. The second kappa shape index (κ2) is 23.0. The lowest BCUT2D eigenvalue weighted by Gasteiger charge is -2.34. The van der Waals surface area contributed by atoms with E-state index in [1.165, 1.54) is 25.8 Å². The fourth-order valence-electron chi connectivity index (χ4n) is 11.6. The maximum absolute atomic E-state index is 16.9. The van der Waals surface area contributed by atoms with Gasteiger partial charge in [0.05, 0.1) is 72.2 Å². The average molecular weight is 1030 g/mol. The third-order valence-corrected chi connectivity index (χ3v) is 15.5. The number of imidazole rings is 2. The number of nitrogens with one attached hydrogen (secondary N) is 4. The van der Waals surface area contributed by atoms with E-state index >= 15 is 4.39 Å². The summed E-state index contributed by atoms with van der Waals surface area (Å²) in [5.41, 5.74) is 3.70. The van der Waals surface area contributed by atoms with Crippen LogP contribution >= 0.6 is 0 Å². The number of anilines is 2. The van der Waals surface area contributed by atoms with E-state index in [2.05, 4.69) is 66.7 Å². The zero-order chi connectivity index (χ0) is 52.9. The largest absolute Gasteiger partial charge is 0.453 e. The predicted octanol–water partition coefficient (Wildman–Crippen LogP) is 6.68. The van der Waals surface area contributed by atoms with Crippen molar-refractivity contribution < 1.29 is 33.0 Å². The Hall–Kier alpha value is -7.49. The molecule has 4 amide bonds. The zero-order valence-electron chi connectivity index (χ0n) is 43.7. The minimum absolute atomic E-state index is 0.129. The van der Waals surface area contributed by atoms with Gasteiger partial charge < -0.3 is 49.7 Å². The molecule has 396 valence electrons. The fraction of sp³-hybridized carbons (Fsp3) is 0.500. The van der Waals surface area contributed by atoms with Gasteiger partial charge in [-0.05, 0) is 87.2 Å².